The molecule has 2 fully saturated rings. The summed E-state index contributed by atoms with van der Waals surface area (Å²) >= 11 is 6.37. The number of fused-ring (bicyclic) bond motifs is 2. The van der Waals surface area contributed by atoms with Gasteiger partial charge in [0.25, 0.3) is 16.6 Å². The zero-order valence-electron chi connectivity index (χ0n) is 50.5. The first kappa shape index (κ1) is 65.2. The molecule has 2 aliphatic heterocycles. The highest BCUT2D eigenvalue weighted by Crippen LogP contribution is 2.44. The molecule has 8 rings (SSSR count). The lowest BCUT2D eigenvalue weighted by atomic mass is 10.1. The van der Waals surface area contributed by atoms with Gasteiger partial charge in [-0.25, -0.2) is 19.9 Å². The summed E-state index contributed by atoms with van der Waals surface area (Å²) in [6.07, 6.45) is 0.750. The van der Waals surface area contributed by atoms with Crippen LogP contribution >= 0.6 is 11.6 Å². The van der Waals surface area contributed by atoms with Crippen LogP contribution in [-0.2, 0) is 4.79 Å². The summed E-state index contributed by atoms with van der Waals surface area (Å²) in [5.41, 5.74) is 11.0. The van der Waals surface area contributed by atoms with Crippen LogP contribution in [0.25, 0.3) is 44.3 Å². The maximum Gasteiger partial charge on any atom is 0.250 e. The second-order valence-electron chi connectivity index (χ2n) is 23.3. The molecule has 0 unspecified atom stereocenters. The van der Waals surface area contributed by atoms with Crippen molar-refractivity contribution in [3.63, 3.8) is 0 Å². The first-order chi connectivity index (χ1) is 37.3. The highest BCUT2D eigenvalue weighted by molar-refractivity contribution is 6.75. The number of piperazine rings is 2. The Morgan fingerprint density at radius 2 is 0.950 bits per heavy atom. The van der Waals surface area contributed by atoms with E-state index < -0.39 is 16.6 Å². The van der Waals surface area contributed by atoms with Crippen molar-refractivity contribution in [2.75, 3.05) is 112 Å². The van der Waals surface area contributed by atoms with Gasteiger partial charge >= 0.3 is 0 Å². The van der Waals surface area contributed by atoms with Gasteiger partial charge in [-0.2, -0.15) is 0 Å². The summed E-state index contributed by atoms with van der Waals surface area (Å²) in [6.45, 7) is 40.6. The van der Waals surface area contributed by atoms with Gasteiger partial charge in [0.05, 0.1) is 35.6 Å². The van der Waals surface area contributed by atoms with Gasteiger partial charge in [0.1, 0.15) is 42.5 Å². The van der Waals surface area contributed by atoms with Gasteiger partial charge in [-0.15, -0.1) is 0 Å². The fraction of sp³-hybridized carbons (Fsp3) is 0.517. The average Bonchev–Trinajstić information content (AvgIpc) is 3.38. The minimum atomic E-state index is -2.10. The van der Waals surface area contributed by atoms with Crippen LogP contribution in [0.4, 0.5) is 5.95 Å². The van der Waals surface area contributed by atoms with Crippen LogP contribution in [0.1, 0.15) is 62.3 Å². The Morgan fingerprint density at radius 3 is 1.34 bits per heavy atom. The maximum absolute atomic E-state index is 8.81. The lowest BCUT2D eigenvalue weighted by Crippen LogP contribution is -2.45. The number of halogens is 1. The summed E-state index contributed by atoms with van der Waals surface area (Å²) in [5.74, 6) is 4.77. The molecule has 6 aromatic rings. The van der Waals surface area contributed by atoms with Gasteiger partial charge < -0.3 is 54.3 Å². The minimum absolute atomic E-state index is 0. The Balaban J connectivity index is 0.000000277. The average molecular weight is 1160 g/mol. The van der Waals surface area contributed by atoms with E-state index in [1.807, 2.05) is 86.6 Å². The van der Waals surface area contributed by atoms with Crippen molar-refractivity contribution < 1.29 is 32.6 Å². The van der Waals surface area contributed by atoms with Crippen molar-refractivity contribution in [3.8, 4) is 57.0 Å². The van der Waals surface area contributed by atoms with Crippen LogP contribution < -0.4 is 39.7 Å². The number of ether oxygens (including phenoxy) is 4. The molecule has 0 bridgehead atoms. The van der Waals surface area contributed by atoms with Crippen molar-refractivity contribution in [1.82, 2.24) is 45.7 Å². The number of anilines is 1. The van der Waals surface area contributed by atoms with E-state index >= 15 is 0 Å². The van der Waals surface area contributed by atoms with Crippen LogP contribution in [0.3, 0.4) is 0 Å². The number of carbonyl (C=O) groups excluding carboxylic acids is 1. The predicted octanol–water partition coefficient (Wildman–Crippen LogP) is 12.0. The van der Waals surface area contributed by atoms with E-state index in [0.717, 1.165) is 151 Å². The number of nitrogens with two attached hydrogens (primary N) is 1. The van der Waals surface area contributed by atoms with E-state index in [4.69, 9.17) is 49.9 Å². The lowest BCUT2D eigenvalue weighted by molar-refractivity contribution is -0.106. The second kappa shape index (κ2) is 28.9. The number of benzene rings is 4. The molecule has 0 spiro atoms. The molecule has 438 valence electrons. The Bertz CT molecular complexity index is 2770. The van der Waals surface area contributed by atoms with Gasteiger partial charge in [-0.3, -0.25) is 9.80 Å². The van der Waals surface area contributed by atoms with Crippen LogP contribution in [0.2, 0.25) is 41.5 Å². The van der Waals surface area contributed by atoms with E-state index in [9.17, 15) is 0 Å². The molecule has 0 radical (unpaired) electrons. The number of likely N-dealkylation sites (N-methyl/N-ethyl adjacent to an activating group) is 2. The molecule has 0 saturated carbocycles. The first-order valence-electron chi connectivity index (χ1n) is 27.8. The number of aldehydes is 1. The molecule has 2 saturated heterocycles. The molecule has 4 aromatic carbocycles. The van der Waals surface area contributed by atoms with E-state index in [0.29, 0.717) is 26.4 Å². The van der Waals surface area contributed by atoms with Gasteiger partial charge in [-0.05, 0) is 156 Å². The first-order valence-corrected chi connectivity index (χ1v) is 34.0. The molecule has 0 amide bonds. The second-order valence-corrected chi connectivity index (χ2v) is 33.1. The minimum Gasteiger partial charge on any atom is -0.541 e. The SMILES string of the molecule is CC=O.CCOc1ccc(-c2nc(Cl)nc3ccc(OCCN4CCN(C)CC4)cc23)cc1O[Si](C)(C)C(C)(C)C.CCOc1ccc(-c2nc(N)nc3ccc(OCCN4CCN(C)CC4)cc23)cc1O[Si](C)(C)C(C)(C)C.N. The van der Waals surface area contributed by atoms with E-state index in [1.165, 1.54) is 6.92 Å². The van der Waals surface area contributed by atoms with Crippen LogP contribution in [0.15, 0.2) is 72.8 Å². The summed E-state index contributed by atoms with van der Waals surface area (Å²) in [7, 11) is 0.134. The smallest absolute Gasteiger partial charge is 0.250 e. The summed E-state index contributed by atoms with van der Waals surface area (Å²) in [4.78, 5) is 36.6. The Hall–Kier alpha value is -5.65. The predicted molar refractivity (Wildman–Crippen MR) is 333 cm³/mol. The maximum atomic E-state index is 8.81. The van der Waals surface area contributed by atoms with Crippen molar-refractivity contribution in [1.29, 1.82) is 0 Å². The molecule has 2 aliphatic rings. The molecule has 20 heteroatoms. The number of hydrogen-bond donors (Lipinski definition) is 2. The van der Waals surface area contributed by atoms with Crippen molar-refractivity contribution >= 4 is 62.3 Å². The zero-order chi connectivity index (χ0) is 57.7. The van der Waals surface area contributed by atoms with Gasteiger partial charge in [0.15, 0.2) is 11.5 Å². The quantitative estimate of drug-likeness (QED) is 0.0467. The summed E-state index contributed by atoms with van der Waals surface area (Å²) in [5, 5.41) is 2.08. The topological polar surface area (TPSA) is 198 Å². The molecule has 0 atom stereocenters. The third kappa shape index (κ3) is 17.7. The summed E-state index contributed by atoms with van der Waals surface area (Å²) in [6, 6.07) is 23.8. The Morgan fingerprint density at radius 1 is 0.562 bits per heavy atom. The normalized spacial score (nSPS) is 14.9. The number of aromatic nitrogens is 4. The van der Waals surface area contributed by atoms with Gasteiger partial charge in [0.2, 0.25) is 11.2 Å². The fourth-order valence-corrected chi connectivity index (χ4v) is 10.6. The number of nitrogens with zero attached hydrogens (tertiary/aromatic N) is 8. The summed E-state index contributed by atoms with van der Waals surface area (Å²) < 4.78 is 37.6. The van der Waals surface area contributed by atoms with Crippen molar-refractivity contribution in [3.05, 3.63) is 78.1 Å². The van der Waals surface area contributed by atoms with E-state index in [1.54, 1.807) is 0 Å². The molecule has 5 N–H and O–H groups in total. The van der Waals surface area contributed by atoms with E-state index in [-0.39, 0.29) is 27.5 Å². The Labute approximate surface area is 483 Å². The number of hydrogen-bond acceptors (Lipinski definition) is 17. The largest absolute Gasteiger partial charge is 0.541 e. The fourth-order valence-electron chi connectivity index (χ4n) is 8.43. The molecule has 2 aromatic heterocycles. The van der Waals surface area contributed by atoms with Crippen LogP contribution in [-0.4, -0.2) is 168 Å². The number of nitrogen functional groups attached to an aromatic ring is 1. The monoisotopic (exact) mass is 1150 g/mol. The molecular formula is C60H91ClN10O7Si2. The van der Waals surface area contributed by atoms with Crippen LogP contribution in [0.5, 0.6) is 34.5 Å². The zero-order valence-corrected chi connectivity index (χ0v) is 53.3. The van der Waals surface area contributed by atoms with E-state index in [2.05, 4.69) is 121 Å². The van der Waals surface area contributed by atoms with Gasteiger partial charge in [0, 0.05) is 87.3 Å². The highest BCUT2D eigenvalue weighted by atomic mass is 35.5. The molecule has 0 aliphatic carbocycles. The molecule has 80 heavy (non-hydrogen) atoms. The highest BCUT2D eigenvalue weighted by Gasteiger charge is 2.41. The molecule has 17 nitrogen and oxygen atoms in total. The molecular weight excluding hydrogens is 1060 g/mol. The van der Waals surface area contributed by atoms with Crippen molar-refractivity contribution in [2.24, 2.45) is 0 Å². The Kier molecular flexibility index (Phi) is 23.5. The molecule has 4 heterocycles. The standard InChI is InChI=1S/C29H41ClN4O3Si.C29H43N5O3Si.C2H4O.H3N/c2*1-8-35-25-12-9-21(19-26(25)37-38(6,7)29(2,3)4)27-23-20-22(10-11-24(23)31-28(30)32-27)36-18-17-34-15-13-33(5)14-16-34;1-2-3;/h9-12,19-20H,8,13-18H2,1-7H3;9-12,19-20H,8,13-18H2,1-7H3,(H2,30,31,32);2H,1H3;1H3. The lowest BCUT2D eigenvalue weighted by Gasteiger charge is -2.37. The third-order valence-electron chi connectivity index (χ3n) is 15.2. The third-order valence-corrected chi connectivity index (χ3v) is 24.1. The van der Waals surface area contributed by atoms with Crippen molar-refractivity contribution in [2.45, 2.75) is 98.6 Å². The van der Waals surface area contributed by atoms with Crippen LogP contribution in [0, 0.1) is 0 Å². The number of rotatable bonds is 18. The number of carbonyl (C=O) groups is 1. The van der Waals surface area contributed by atoms with Gasteiger partial charge in [-0.1, -0.05) is 41.5 Å².